The Morgan fingerprint density at radius 1 is 1.08 bits per heavy atom. The summed E-state index contributed by atoms with van der Waals surface area (Å²) in [5, 5.41) is 14.8. The van der Waals surface area contributed by atoms with Gasteiger partial charge in [0.25, 0.3) is 5.91 Å². The molecule has 2 aromatic carbocycles. The van der Waals surface area contributed by atoms with E-state index in [0.29, 0.717) is 5.02 Å². The van der Waals surface area contributed by atoms with Gasteiger partial charge in [0.2, 0.25) is 0 Å². The molecule has 3 N–H and O–H groups in total. The van der Waals surface area contributed by atoms with Gasteiger partial charge >= 0.3 is 5.97 Å². The molecule has 0 unspecified atom stereocenters. The molecule has 5 nitrogen and oxygen atoms in total. The SMILES string of the molecule is Cc1ccc(C(=O)NC(=S)Nc2ccc(Cl)cc2C(=O)O)c(Cl)c1. The molecule has 2 rings (SSSR count). The number of carboxylic acids is 1. The zero-order chi connectivity index (χ0) is 17.9. The molecule has 0 aromatic heterocycles. The molecule has 0 bridgehead atoms. The van der Waals surface area contributed by atoms with Crippen molar-refractivity contribution in [2.24, 2.45) is 0 Å². The molecule has 1 amide bonds. The maximum absolute atomic E-state index is 12.2. The van der Waals surface area contributed by atoms with Crippen molar-refractivity contribution in [2.75, 3.05) is 5.32 Å². The van der Waals surface area contributed by atoms with E-state index in [-0.39, 0.29) is 26.9 Å². The van der Waals surface area contributed by atoms with Crippen LogP contribution in [0.4, 0.5) is 5.69 Å². The lowest BCUT2D eigenvalue weighted by molar-refractivity contribution is 0.0698. The van der Waals surface area contributed by atoms with Crippen molar-refractivity contribution in [1.29, 1.82) is 0 Å². The van der Waals surface area contributed by atoms with E-state index >= 15 is 0 Å². The Bertz CT molecular complexity index is 840. The lowest BCUT2D eigenvalue weighted by atomic mass is 10.1. The average molecular weight is 383 g/mol. The number of carboxylic acid groups (broad SMARTS) is 1. The molecule has 0 atom stereocenters. The Morgan fingerprint density at radius 3 is 2.42 bits per heavy atom. The third-order valence-corrected chi connectivity index (χ3v) is 3.81. The van der Waals surface area contributed by atoms with Gasteiger partial charge in [0.15, 0.2) is 5.11 Å². The normalized spacial score (nSPS) is 10.1. The van der Waals surface area contributed by atoms with Crippen LogP contribution in [0.2, 0.25) is 10.0 Å². The lowest BCUT2D eigenvalue weighted by Gasteiger charge is -2.12. The first kappa shape index (κ1) is 18.2. The summed E-state index contributed by atoms with van der Waals surface area (Å²) in [6.07, 6.45) is 0. The number of anilines is 1. The smallest absolute Gasteiger partial charge is 0.337 e. The van der Waals surface area contributed by atoms with Crippen LogP contribution in [0.15, 0.2) is 36.4 Å². The van der Waals surface area contributed by atoms with Gasteiger partial charge in [0, 0.05) is 5.02 Å². The molecule has 0 aliphatic heterocycles. The summed E-state index contributed by atoms with van der Waals surface area (Å²) in [6, 6.07) is 9.25. The number of benzene rings is 2. The van der Waals surface area contributed by atoms with Crippen LogP contribution >= 0.6 is 35.4 Å². The topological polar surface area (TPSA) is 78.4 Å². The molecular formula is C16H12Cl2N2O3S. The zero-order valence-electron chi connectivity index (χ0n) is 12.4. The quantitative estimate of drug-likeness (QED) is 0.695. The van der Waals surface area contributed by atoms with Gasteiger partial charge in [-0.05, 0) is 55.0 Å². The first-order valence-electron chi connectivity index (χ1n) is 6.69. The highest BCUT2D eigenvalue weighted by atomic mass is 35.5. The number of nitrogens with one attached hydrogen (secondary N) is 2. The highest BCUT2D eigenvalue weighted by molar-refractivity contribution is 7.80. The van der Waals surface area contributed by atoms with Crippen LogP contribution in [0.5, 0.6) is 0 Å². The van der Waals surface area contributed by atoms with Crippen molar-refractivity contribution >= 4 is 58.1 Å². The van der Waals surface area contributed by atoms with Gasteiger partial charge in [-0.15, -0.1) is 0 Å². The first-order chi connectivity index (χ1) is 11.3. The number of carbonyl (C=O) groups excluding carboxylic acids is 1. The molecule has 0 saturated heterocycles. The van der Waals surface area contributed by atoms with Gasteiger partial charge in [0.1, 0.15) is 0 Å². The predicted octanol–water partition coefficient (Wildman–Crippen LogP) is 4.13. The predicted molar refractivity (Wildman–Crippen MR) is 98.3 cm³/mol. The van der Waals surface area contributed by atoms with Crippen molar-refractivity contribution in [2.45, 2.75) is 6.92 Å². The molecule has 0 radical (unpaired) electrons. The van der Waals surface area contributed by atoms with E-state index in [1.54, 1.807) is 18.2 Å². The molecule has 0 saturated carbocycles. The van der Waals surface area contributed by atoms with Crippen LogP contribution in [0, 0.1) is 6.92 Å². The van der Waals surface area contributed by atoms with Crippen molar-refractivity contribution in [3.63, 3.8) is 0 Å². The largest absolute Gasteiger partial charge is 0.478 e. The van der Waals surface area contributed by atoms with Crippen LogP contribution in [0.3, 0.4) is 0 Å². The fourth-order valence-corrected chi connectivity index (χ4v) is 2.63. The molecule has 8 heteroatoms. The minimum absolute atomic E-state index is 0.0542. The number of carbonyl (C=O) groups is 2. The molecule has 124 valence electrons. The van der Waals surface area contributed by atoms with Crippen LogP contribution in [0.25, 0.3) is 0 Å². The summed E-state index contributed by atoms with van der Waals surface area (Å²) in [7, 11) is 0. The second kappa shape index (κ2) is 7.61. The minimum atomic E-state index is -1.17. The number of aromatic carboxylic acids is 1. The molecule has 2 aromatic rings. The molecule has 0 heterocycles. The maximum Gasteiger partial charge on any atom is 0.337 e. The standard InChI is InChI=1S/C16H12Cl2N2O3S/c1-8-2-4-10(12(18)6-8)14(21)20-16(24)19-13-5-3-9(17)7-11(13)15(22)23/h2-7H,1H3,(H,22,23)(H2,19,20,21,24). The van der Waals surface area contributed by atoms with E-state index in [1.165, 1.54) is 18.2 Å². The number of hydrogen-bond donors (Lipinski definition) is 3. The number of thiocarbonyl (C=S) groups is 1. The van der Waals surface area contributed by atoms with E-state index in [0.717, 1.165) is 5.56 Å². The number of amides is 1. The van der Waals surface area contributed by atoms with Gasteiger partial charge < -0.3 is 10.4 Å². The summed E-state index contributed by atoms with van der Waals surface area (Å²) in [5.41, 5.74) is 1.34. The van der Waals surface area contributed by atoms with Crippen LogP contribution in [-0.2, 0) is 0 Å². The Labute approximate surface area is 153 Å². The third-order valence-electron chi connectivity index (χ3n) is 3.06. The van der Waals surface area contributed by atoms with Gasteiger partial charge in [-0.1, -0.05) is 29.3 Å². The number of aryl methyl sites for hydroxylation is 1. The van der Waals surface area contributed by atoms with Crippen LogP contribution < -0.4 is 10.6 Å². The summed E-state index contributed by atoms with van der Waals surface area (Å²) in [4.78, 5) is 23.4. The molecule has 0 fully saturated rings. The second-order valence-electron chi connectivity index (χ2n) is 4.89. The summed E-state index contributed by atoms with van der Waals surface area (Å²) >= 11 is 16.9. The summed E-state index contributed by atoms with van der Waals surface area (Å²) < 4.78 is 0. The third kappa shape index (κ3) is 4.44. The Hall–Kier alpha value is -2.15. The van der Waals surface area contributed by atoms with Gasteiger partial charge in [0.05, 0.1) is 21.8 Å². The average Bonchev–Trinajstić information content (AvgIpc) is 2.48. The van der Waals surface area contributed by atoms with Crippen molar-refractivity contribution in [3.05, 3.63) is 63.1 Å². The van der Waals surface area contributed by atoms with E-state index in [1.807, 2.05) is 6.92 Å². The lowest BCUT2D eigenvalue weighted by Crippen LogP contribution is -2.34. The molecule has 0 aliphatic carbocycles. The number of hydrogen-bond acceptors (Lipinski definition) is 3. The molecular weight excluding hydrogens is 371 g/mol. The second-order valence-corrected chi connectivity index (χ2v) is 6.14. The van der Waals surface area contributed by atoms with Crippen LogP contribution in [0.1, 0.15) is 26.3 Å². The summed E-state index contributed by atoms with van der Waals surface area (Å²) in [6.45, 7) is 1.85. The number of halogens is 2. The monoisotopic (exact) mass is 382 g/mol. The molecule has 24 heavy (non-hydrogen) atoms. The Kier molecular flexibility index (Phi) is 5.77. The fraction of sp³-hybridized carbons (Fsp3) is 0.0625. The highest BCUT2D eigenvalue weighted by Gasteiger charge is 2.15. The van der Waals surface area contributed by atoms with Gasteiger partial charge in [-0.25, -0.2) is 4.79 Å². The maximum atomic E-state index is 12.2. The van der Waals surface area contributed by atoms with Gasteiger partial charge in [-0.2, -0.15) is 0 Å². The molecule has 0 aliphatic rings. The van der Waals surface area contributed by atoms with Gasteiger partial charge in [-0.3, -0.25) is 10.1 Å². The number of rotatable bonds is 3. The van der Waals surface area contributed by atoms with E-state index in [2.05, 4.69) is 10.6 Å². The zero-order valence-corrected chi connectivity index (χ0v) is 14.7. The van der Waals surface area contributed by atoms with E-state index in [4.69, 9.17) is 35.4 Å². The van der Waals surface area contributed by atoms with E-state index in [9.17, 15) is 14.7 Å². The van der Waals surface area contributed by atoms with Crippen LogP contribution in [-0.4, -0.2) is 22.1 Å². The first-order valence-corrected chi connectivity index (χ1v) is 7.85. The fourth-order valence-electron chi connectivity index (χ4n) is 1.93. The Morgan fingerprint density at radius 2 is 1.79 bits per heavy atom. The van der Waals surface area contributed by atoms with E-state index < -0.39 is 11.9 Å². The Balaban J connectivity index is 2.14. The van der Waals surface area contributed by atoms with Crippen molar-refractivity contribution in [3.8, 4) is 0 Å². The van der Waals surface area contributed by atoms with Crippen molar-refractivity contribution < 1.29 is 14.7 Å². The highest BCUT2D eigenvalue weighted by Crippen LogP contribution is 2.21. The molecule has 0 spiro atoms. The minimum Gasteiger partial charge on any atom is -0.478 e. The van der Waals surface area contributed by atoms with Crippen molar-refractivity contribution in [1.82, 2.24) is 5.32 Å². The summed E-state index contributed by atoms with van der Waals surface area (Å²) in [5.74, 6) is -1.67.